The van der Waals surface area contributed by atoms with Crippen molar-refractivity contribution in [3.05, 3.63) is 57.7 Å². The maximum absolute atomic E-state index is 12.4. The summed E-state index contributed by atoms with van der Waals surface area (Å²) in [7, 11) is 0. The quantitative estimate of drug-likeness (QED) is 0.586. The highest BCUT2D eigenvalue weighted by Gasteiger charge is 2.24. The Morgan fingerprint density at radius 2 is 1.52 bits per heavy atom. The predicted octanol–water partition coefficient (Wildman–Crippen LogP) is 6.09. The van der Waals surface area contributed by atoms with E-state index in [1.54, 1.807) is 0 Å². The van der Waals surface area contributed by atoms with Crippen LogP contribution >= 0.6 is 0 Å². The molecule has 0 saturated heterocycles. The molecule has 3 heteroatoms. The van der Waals surface area contributed by atoms with Crippen molar-refractivity contribution in [2.75, 3.05) is 5.32 Å². The van der Waals surface area contributed by atoms with Crippen LogP contribution in [0.4, 0.5) is 5.69 Å². The van der Waals surface area contributed by atoms with Crippen molar-refractivity contribution in [2.45, 2.75) is 73.4 Å². The highest BCUT2D eigenvalue weighted by Crippen LogP contribution is 2.36. The van der Waals surface area contributed by atoms with Gasteiger partial charge in [-0.1, -0.05) is 12.1 Å². The number of amides is 1. The van der Waals surface area contributed by atoms with Crippen LogP contribution in [0.15, 0.2) is 29.8 Å². The number of rotatable bonds is 6. The van der Waals surface area contributed by atoms with Gasteiger partial charge in [-0.3, -0.25) is 4.79 Å². The van der Waals surface area contributed by atoms with E-state index < -0.39 is 0 Å². The Balaban J connectivity index is 1.98. The minimum absolute atomic E-state index is 0.0546. The van der Waals surface area contributed by atoms with Crippen molar-refractivity contribution in [1.82, 2.24) is 5.32 Å². The fraction of sp³-hybridized carbons (Fsp3) is 0.423. The normalized spacial score (nSPS) is 14.3. The smallest absolute Gasteiger partial charge is 0.247 e. The van der Waals surface area contributed by atoms with Gasteiger partial charge in [-0.15, -0.1) is 0 Å². The number of nitrogens with one attached hydrogen (secondary N) is 2. The second kappa shape index (κ2) is 8.44. The molecule has 0 aliphatic heterocycles. The SMILES string of the molecule is CC(=Cc1c(C)c(C)c(-c2ccc(NC(C)C)cc2)c(C)c1C)C(=O)NC1CC1. The van der Waals surface area contributed by atoms with Crippen molar-refractivity contribution in [1.29, 1.82) is 0 Å². The lowest BCUT2D eigenvalue weighted by molar-refractivity contribution is -0.117. The van der Waals surface area contributed by atoms with Gasteiger partial charge in [0.05, 0.1) is 0 Å². The Hall–Kier alpha value is -2.55. The van der Waals surface area contributed by atoms with E-state index in [1.807, 2.05) is 6.92 Å². The van der Waals surface area contributed by atoms with Crippen molar-refractivity contribution in [3.63, 3.8) is 0 Å². The fourth-order valence-electron chi connectivity index (χ4n) is 3.87. The van der Waals surface area contributed by atoms with E-state index in [0.29, 0.717) is 12.1 Å². The minimum atomic E-state index is 0.0546. The van der Waals surface area contributed by atoms with Gasteiger partial charge in [0, 0.05) is 23.3 Å². The van der Waals surface area contributed by atoms with E-state index >= 15 is 0 Å². The van der Waals surface area contributed by atoms with Gasteiger partial charge in [0.25, 0.3) is 0 Å². The van der Waals surface area contributed by atoms with Crippen LogP contribution in [0.25, 0.3) is 17.2 Å². The Morgan fingerprint density at radius 1 is 0.966 bits per heavy atom. The van der Waals surface area contributed by atoms with Gasteiger partial charge >= 0.3 is 0 Å². The zero-order valence-corrected chi connectivity index (χ0v) is 18.9. The molecule has 1 aliphatic carbocycles. The number of hydrogen-bond donors (Lipinski definition) is 2. The highest BCUT2D eigenvalue weighted by molar-refractivity contribution is 5.98. The summed E-state index contributed by atoms with van der Waals surface area (Å²) in [5.74, 6) is 0.0546. The number of carbonyl (C=O) groups excluding carboxylic acids is 1. The first kappa shape index (κ1) is 21.2. The monoisotopic (exact) mass is 390 g/mol. The Bertz CT molecular complexity index is 919. The summed E-state index contributed by atoms with van der Waals surface area (Å²) >= 11 is 0. The van der Waals surface area contributed by atoms with E-state index in [9.17, 15) is 4.79 Å². The highest BCUT2D eigenvalue weighted by atomic mass is 16.1. The van der Waals surface area contributed by atoms with Crippen molar-refractivity contribution < 1.29 is 4.79 Å². The molecule has 0 unspecified atom stereocenters. The maximum atomic E-state index is 12.4. The summed E-state index contributed by atoms with van der Waals surface area (Å²) in [4.78, 5) is 12.4. The molecule has 1 fully saturated rings. The molecule has 3 nitrogen and oxygen atoms in total. The van der Waals surface area contributed by atoms with Crippen LogP contribution < -0.4 is 10.6 Å². The number of carbonyl (C=O) groups is 1. The lowest BCUT2D eigenvalue weighted by atomic mass is 9.85. The lowest BCUT2D eigenvalue weighted by Crippen LogP contribution is -2.25. The average Bonchev–Trinajstić information content (AvgIpc) is 3.48. The second-order valence-corrected chi connectivity index (χ2v) is 8.74. The van der Waals surface area contributed by atoms with Gasteiger partial charge in [0.2, 0.25) is 5.91 Å². The van der Waals surface area contributed by atoms with Crippen molar-refractivity contribution in [2.24, 2.45) is 0 Å². The molecule has 2 aromatic rings. The van der Waals surface area contributed by atoms with Gasteiger partial charge in [0.15, 0.2) is 0 Å². The third kappa shape index (κ3) is 4.72. The molecule has 0 radical (unpaired) electrons. The Kier molecular flexibility index (Phi) is 6.16. The summed E-state index contributed by atoms with van der Waals surface area (Å²) in [6.07, 6.45) is 4.27. The third-order valence-electron chi connectivity index (χ3n) is 5.94. The van der Waals surface area contributed by atoms with Crippen LogP contribution in [-0.4, -0.2) is 18.0 Å². The third-order valence-corrected chi connectivity index (χ3v) is 5.94. The van der Waals surface area contributed by atoms with Crippen molar-refractivity contribution >= 4 is 17.7 Å². The molecule has 0 heterocycles. The first-order chi connectivity index (χ1) is 13.7. The number of benzene rings is 2. The van der Waals surface area contributed by atoms with Gasteiger partial charge < -0.3 is 10.6 Å². The first-order valence-electron chi connectivity index (χ1n) is 10.7. The van der Waals surface area contributed by atoms with E-state index in [0.717, 1.165) is 24.1 Å². The summed E-state index contributed by atoms with van der Waals surface area (Å²) in [6.45, 7) is 14.9. The Morgan fingerprint density at radius 3 is 2.00 bits per heavy atom. The second-order valence-electron chi connectivity index (χ2n) is 8.74. The van der Waals surface area contributed by atoms with E-state index in [4.69, 9.17) is 0 Å². The first-order valence-corrected chi connectivity index (χ1v) is 10.7. The summed E-state index contributed by atoms with van der Waals surface area (Å²) in [5.41, 5.74) is 10.7. The Labute approximate surface area is 175 Å². The summed E-state index contributed by atoms with van der Waals surface area (Å²) in [6, 6.07) is 9.50. The minimum Gasteiger partial charge on any atom is -0.383 e. The molecule has 1 saturated carbocycles. The van der Waals surface area contributed by atoms with E-state index in [1.165, 1.54) is 38.9 Å². The van der Waals surface area contributed by atoms with Crippen molar-refractivity contribution in [3.8, 4) is 11.1 Å². The average molecular weight is 391 g/mol. The zero-order valence-electron chi connectivity index (χ0n) is 18.9. The molecular formula is C26H34N2O. The molecule has 3 rings (SSSR count). The molecule has 1 amide bonds. The van der Waals surface area contributed by atoms with Crippen LogP contribution in [0.2, 0.25) is 0 Å². The lowest BCUT2D eigenvalue weighted by Gasteiger charge is -2.20. The van der Waals surface area contributed by atoms with Crippen LogP contribution in [-0.2, 0) is 4.79 Å². The topological polar surface area (TPSA) is 41.1 Å². The van der Waals surface area contributed by atoms with E-state index in [-0.39, 0.29) is 5.91 Å². The zero-order chi connectivity index (χ0) is 21.3. The molecule has 0 aromatic heterocycles. The molecular weight excluding hydrogens is 356 g/mol. The van der Waals surface area contributed by atoms with E-state index in [2.05, 4.69) is 82.5 Å². The summed E-state index contributed by atoms with van der Waals surface area (Å²) < 4.78 is 0. The predicted molar refractivity (Wildman–Crippen MR) is 124 cm³/mol. The van der Waals surface area contributed by atoms with Gasteiger partial charge in [0.1, 0.15) is 0 Å². The standard InChI is InChI=1S/C26H34N2O/c1-15(2)27-22-10-8-21(9-11-22)25-19(6)17(4)24(18(5)20(25)7)14-16(3)26(29)28-23-12-13-23/h8-11,14-15,23,27H,12-13H2,1-7H3,(H,28,29). The number of hydrogen-bond acceptors (Lipinski definition) is 2. The maximum Gasteiger partial charge on any atom is 0.247 e. The summed E-state index contributed by atoms with van der Waals surface area (Å²) in [5, 5.41) is 6.53. The molecule has 0 spiro atoms. The van der Waals surface area contributed by atoms with Crippen LogP contribution in [0.3, 0.4) is 0 Å². The van der Waals surface area contributed by atoms with Gasteiger partial charge in [-0.05, 0) is 118 Å². The van der Waals surface area contributed by atoms with Gasteiger partial charge in [-0.2, -0.15) is 0 Å². The van der Waals surface area contributed by atoms with Crippen LogP contribution in [0, 0.1) is 27.7 Å². The molecule has 0 atom stereocenters. The molecule has 29 heavy (non-hydrogen) atoms. The fourth-order valence-corrected chi connectivity index (χ4v) is 3.87. The molecule has 154 valence electrons. The molecule has 2 aromatic carbocycles. The molecule has 2 N–H and O–H groups in total. The number of anilines is 1. The van der Waals surface area contributed by atoms with Gasteiger partial charge in [-0.25, -0.2) is 0 Å². The molecule has 0 bridgehead atoms. The van der Waals surface area contributed by atoms with Crippen LogP contribution in [0.5, 0.6) is 0 Å². The van der Waals surface area contributed by atoms with Crippen LogP contribution in [0.1, 0.15) is 61.4 Å². The largest absolute Gasteiger partial charge is 0.383 e. The molecule has 1 aliphatic rings.